The van der Waals surface area contributed by atoms with E-state index >= 15 is 0 Å². The molecule has 2 aromatic rings. The van der Waals surface area contributed by atoms with E-state index in [1.807, 2.05) is 48.5 Å². The summed E-state index contributed by atoms with van der Waals surface area (Å²) in [4.78, 5) is 36.5. The van der Waals surface area contributed by atoms with Gasteiger partial charge in [-0.3, -0.25) is 9.59 Å². The third-order valence-electron chi connectivity index (χ3n) is 6.96. The average molecular weight is 483 g/mol. The van der Waals surface area contributed by atoms with Gasteiger partial charge in [0.25, 0.3) is 0 Å². The zero-order valence-electron chi connectivity index (χ0n) is 20.6. The molecule has 0 heterocycles. The smallest absolute Gasteiger partial charge is 0.407 e. The van der Waals surface area contributed by atoms with Crippen molar-refractivity contribution in [3.63, 3.8) is 0 Å². The quantitative estimate of drug-likeness (QED) is 0.410. The first-order valence-corrected chi connectivity index (χ1v) is 11.7. The molecule has 0 saturated heterocycles. The average Bonchev–Trinajstić information content (AvgIpc) is 3.11. The lowest BCUT2D eigenvalue weighted by molar-refractivity contribution is -0.137. The van der Waals surface area contributed by atoms with Crippen molar-refractivity contribution < 1.29 is 29.3 Å². The summed E-state index contributed by atoms with van der Waals surface area (Å²) in [5, 5.41) is 24.6. The maximum Gasteiger partial charge on any atom is 0.407 e. The fourth-order valence-electron chi connectivity index (χ4n) is 3.97. The largest absolute Gasteiger partial charge is 0.481 e. The lowest BCUT2D eigenvalue weighted by Gasteiger charge is -2.37. The Morgan fingerprint density at radius 1 is 0.971 bits per heavy atom. The predicted molar refractivity (Wildman–Crippen MR) is 132 cm³/mol. The molecule has 188 valence electrons. The van der Waals surface area contributed by atoms with Crippen molar-refractivity contribution in [1.29, 1.82) is 0 Å². The lowest BCUT2D eigenvalue weighted by Crippen LogP contribution is -2.52. The van der Waals surface area contributed by atoms with Crippen LogP contribution < -0.4 is 10.6 Å². The second-order valence-electron chi connectivity index (χ2n) is 10.1. The Kier molecular flexibility index (Phi) is 7.85. The fraction of sp³-hybridized carbons (Fsp3) is 0.444. The van der Waals surface area contributed by atoms with E-state index in [9.17, 15) is 19.5 Å². The fourth-order valence-corrected chi connectivity index (χ4v) is 3.97. The van der Waals surface area contributed by atoms with Crippen LogP contribution in [0.4, 0.5) is 4.79 Å². The summed E-state index contributed by atoms with van der Waals surface area (Å²) in [6, 6.07) is 14.8. The Hall–Kier alpha value is -3.39. The summed E-state index contributed by atoms with van der Waals surface area (Å²) in [6.45, 7) is 7.13. The number of alkyl carbamates (subject to hydrolysis) is 1. The van der Waals surface area contributed by atoms with Gasteiger partial charge in [0.05, 0.1) is 5.60 Å². The zero-order valence-corrected chi connectivity index (χ0v) is 20.6. The molecule has 0 aliphatic heterocycles. The van der Waals surface area contributed by atoms with Crippen molar-refractivity contribution in [3.8, 4) is 11.1 Å². The number of benzene rings is 2. The molecule has 2 aromatic carbocycles. The number of hydrogen-bond acceptors (Lipinski definition) is 5. The molecule has 1 aliphatic rings. The predicted octanol–water partition coefficient (Wildman–Crippen LogP) is 3.67. The normalized spacial score (nSPS) is 14.0. The number of hydrogen-bond donors (Lipinski definition) is 4. The maximum atomic E-state index is 12.8. The number of carboxylic acid groups (broad SMARTS) is 1. The number of rotatable bonds is 10. The minimum absolute atomic E-state index is 0.0822. The van der Waals surface area contributed by atoms with Crippen LogP contribution in [-0.4, -0.2) is 53.0 Å². The molecule has 2 amide bonds. The van der Waals surface area contributed by atoms with E-state index in [1.165, 1.54) is 0 Å². The first-order chi connectivity index (χ1) is 16.4. The van der Waals surface area contributed by atoms with Gasteiger partial charge in [0.15, 0.2) is 0 Å². The van der Waals surface area contributed by atoms with E-state index in [0.717, 1.165) is 22.3 Å². The van der Waals surface area contributed by atoms with Gasteiger partial charge in [0.2, 0.25) is 5.91 Å². The minimum atomic E-state index is -1.08. The number of ether oxygens (including phenoxy) is 1. The molecule has 8 heteroatoms. The van der Waals surface area contributed by atoms with Gasteiger partial charge in [-0.1, -0.05) is 62.4 Å². The standard InChI is InChI=1S/C27H34N2O6/c1-26(2,27(3,4)34)16-28-24(32)22(13-14-23(30)31)29-25(33)35-15-21-19-11-7-5-9-17(19)18-10-6-8-12-20(18)21/h5-12,21-22,34H,13-16H2,1-4H3,(H,28,32)(H,29,33)(H,30,31). The van der Waals surface area contributed by atoms with Crippen LogP contribution in [0.1, 0.15) is 57.6 Å². The molecule has 0 radical (unpaired) electrons. The molecule has 8 nitrogen and oxygen atoms in total. The molecule has 0 spiro atoms. The zero-order chi connectivity index (χ0) is 25.8. The number of carboxylic acids is 1. The van der Waals surface area contributed by atoms with Crippen molar-refractivity contribution in [3.05, 3.63) is 59.7 Å². The topological polar surface area (TPSA) is 125 Å². The number of aliphatic hydroxyl groups is 1. The van der Waals surface area contributed by atoms with Crippen molar-refractivity contribution in [1.82, 2.24) is 10.6 Å². The van der Waals surface area contributed by atoms with Crippen molar-refractivity contribution in [2.45, 2.75) is 58.1 Å². The van der Waals surface area contributed by atoms with Crippen LogP contribution >= 0.6 is 0 Å². The second kappa shape index (κ2) is 10.5. The second-order valence-corrected chi connectivity index (χ2v) is 10.1. The number of aliphatic carboxylic acids is 1. The SMILES string of the molecule is CC(C)(O)C(C)(C)CNC(=O)C(CCC(=O)O)NC(=O)OCC1c2ccccc2-c2ccccc21. The van der Waals surface area contributed by atoms with Crippen LogP contribution in [-0.2, 0) is 14.3 Å². The molecule has 0 aromatic heterocycles. The number of nitrogens with one attached hydrogen (secondary N) is 2. The van der Waals surface area contributed by atoms with E-state index in [1.54, 1.807) is 27.7 Å². The summed E-state index contributed by atoms with van der Waals surface area (Å²) >= 11 is 0. The lowest BCUT2D eigenvalue weighted by atomic mass is 9.77. The van der Waals surface area contributed by atoms with Crippen LogP contribution in [0.25, 0.3) is 11.1 Å². The van der Waals surface area contributed by atoms with Crippen LogP contribution in [0.15, 0.2) is 48.5 Å². The Labute approximate surface area is 205 Å². The molecule has 0 bridgehead atoms. The third-order valence-corrected chi connectivity index (χ3v) is 6.96. The van der Waals surface area contributed by atoms with E-state index in [-0.39, 0.29) is 31.9 Å². The molecule has 4 N–H and O–H groups in total. The number of carbonyl (C=O) groups excluding carboxylic acids is 2. The van der Waals surface area contributed by atoms with Gasteiger partial charge < -0.3 is 25.6 Å². The summed E-state index contributed by atoms with van der Waals surface area (Å²) in [5.74, 6) is -1.74. The summed E-state index contributed by atoms with van der Waals surface area (Å²) in [6.07, 6.45) is -1.18. The highest BCUT2D eigenvalue weighted by Gasteiger charge is 2.36. The van der Waals surface area contributed by atoms with Gasteiger partial charge in [0.1, 0.15) is 12.6 Å². The van der Waals surface area contributed by atoms with E-state index in [0.29, 0.717) is 0 Å². The van der Waals surface area contributed by atoms with Gasteiger partial charge in [0, 0.05) is 24.3 Å². The molecule has 35 heavy (non-hydrogen) atoms. The van der Waals surface area contributed by atoms with E-state index in [4.69, 9.17) is 9.84 Å². The minimum Gasteiger partial charge on any atom is -0.481 e. The summed E-state index contributed by atoms with van der Waals surface area (Å²) in [7, 11) is 0. The van der Waals surface area contributed by atoms with Crippen molar-refractivity contribution in [2.24, 2.45) is 5.41 Å². The Morgan fingerprint density at radius 3 is 2.03 bits per heavy atom. The highest BCUT2D eigenvalue weighted by Crippen LogP contribution is 2.44. The monoisotopic (exact) mass is 482 g/mol. The Balaban J connectivity index is 1.65. The summed E-state index contributed by atoms with van der Waals surface area (Å²) < 4.78 is 5.51. The van der Waals surface area contributed by atoms with Crippen LogP contribution in [0.3, 0.4) is 0 Å². The molecular formula is C27H34N2O6. The number of fused-ring (bicyclic) bond motifs is 3. The third kappa shape index (κ3) is 6.19. The van der Waals surface area contributed by atoms with E-state index in [2.05, 4.69) is 10.6 Å². The molecule has 0 fully saturated rings. The molecular weight excluding hydrogens is 448 g/mol. The first-order valence-electron chi connectivity index (χ1n) is 11.7. The first kappa shape index (κ1) is 26.2. The molecule has 0 saturated carbocycles. The Morgan fingerprint density at radius 2 is 1.51 bits per heavy atom. The van der Waals surface area contributed by atoms with Crippen LogP contribution in [0.5, 0.6) is 0 Å². The van der Waals surface area contributed by atoms with Crippen molar-refractivity contribution >= 4 is 18.0 Å². The van der Waals surface area contributed by atoms with E-state index < -0.39 is 35.0 Å². The molecule has 1 atom stereocenters. The van der Waals surface area contributed by atoms with Crippen LogP contribution in [0, 0.1) is 5.41 Å². The Bertz CT molecular complexity index is 1040. The molecule has 1 unspecified atom stereocenters. The number of amides is 2. The highest BCUT2D eigenvalue weighted by molar-refractivity contribution is 5.86. The summed E-state index contributed by atoms with van der Waals surface area (Å²) in [5.41, 5.74) is 2.63. The number of carbonyl (C=O) groups is 3. The molecule has 3 rings (SSSR count). The highest BCUT2D eigenvalue weighted by atomic mass is 16.5. The van der Waals surface area contributed by atoms with Gasteiger partial charge >= 0.3 is 12.1 Å². The van der Waals surface area contributed by atoms with Crippen molar-refractivity contribution in [2.75, 3.05) is 13.2 Å². The van der Waals surface area contributed by atoms with Gasteiger partial charge in [-0.05, 0) is 42.5 Å². The van der Waals surface area contributed by atoms with Gasteiger partial charge in [-0.25, -0.2) is 4.79 Å². The molecule has 1 aliphatic carbocycles. The maximum absolute atomic E-state index is 12.8. The van der Waals surface area contributed by atoms with Gasteiger partial charge in [-0.15, -0.1) is 0 Å². The van der Waals surface area contributed by atoms with Crippen LogP contribution in [0.2, 0.25) is 0 Å². The van der Waals surface area contributed by atoms with Gasteiger partial charge in [-0.2, -0.15) is 0 Å².